The number of anilines is 1. The number of hydrogen-bond acceptors (Lipinski definition) is 6. The summed E-state index contributed by atoms with van der Waals surface area (Å²) in [5, 5.41) is -0.465. The molecule has 1 aromatic carbocycles. The van der Waals surface area contributed by atoms with Crippen molar-refractivity contribution in [1.82, 2.24) is 9.47 Å². The lowest BCUT2D eigenvalue weighted by molar-refractivity contribution is -0.150. The van der Waals surface area contributed by atoms with Crippen LogP contribution in [0.25, 0.3) is 11.8 Å². The first kappa shape index (κ1) is 24.6. The zero-order valence-electron chi connectivity index (χ0n) is 20.0. The summed E-state index contributed by atoms with van der Waals surface area (Å²) in [6.07, 6.45) is 1.73. The van der Waals surface area contributed by atoms with Gasteiger partial charge in [-0.3, -0.25) is 14.5 Å². The number of carbonyl (C=O) groups is 3. The van der Waals surface area contributed by atoms with Crippen LogP contribution in [0.1, 0.15) is 44.6 Å². The van der Waals surface area contributed by atoms with Crippen LogP contribution in [-0.2, 0) is 14.3 Å². The number of esters is 1. The molecule has 7 nitrogen and oxygen atoms in total. The van der Waals surface area contributed by atoms with Crippen molar-refractivity contribution in [2.45, 2.75) is 47.6 Å². The molecule has 1 aliphatic rings. The number of nitrogens with zero attached hydrogens (tertiary/aromatic N) is 3. The molecule has 0 spiro atoms. The molecule has 1 fully saturated rings. The molecule has 1 saturated heterocycles. The number of thioether (sulfide) groups is 1. The highest BCUT2D eigenvalue weighted by atomic mass is 32.2. The molecule has 1 atom stereocenters. The number of imide groups is 1. The van der Waals surface area contributed by atoms with Crippen LogP contribution in [0.3, 0.4) is 0 Å². The molecule has 8 heteroatoms. The summed E-state index contributed by atoms with van der Waals surface area (Å²) in [4.78, 5) is 41.0. The summed E-state index contributed by atoms with van der Waals surface area (Å²) in [6.45, 7) is 13.6. The van der Waals surface area contributed by atoms with Gasteiger partial charge in [-0.25, -0.2) is 4.79 Å². The van der Waals surface area contributed by atoms with E-state index in [-0.39, 0.29) is 6.61 Å². The smallest absolute Gasteiger partial charge is 0.329 e. The molecule has 0 unspecified atom stereocenters. The third-order valence-corrected chi connectivity index (χ3v) is 6.72. The quantitative estimate of drug-likeness (QED) is 0.403. The number of rotatable bonds is 8. The fourth-order valence-corrected chi connectivity index (χ4v) is 4.95. The van der Waals surface area contributed by atoms with Gasteiger partial charge in [-0.15, -0.1) is 0 Å². The molecule has 2 aromatic rings. The van der Waals surface area contributed by atoms with Crippen molar-refractivity contribution >= 4 is 40.6 Å². The first-order chi connectivity index (χ1) is 15.7. The molecule has 1 aliphatic heterocycles. The van der Waals surface area contributed by atoms with Gasteiger partial charge in [-0.05, 0) is 95.3 Å². The largest absolute Gasteiger partial charge is 0.464 e. The molecule has 1 aromatic heterocycles. The van der Waals surface area contributed by atoms with E-state index < -0.39 is 23.2 Å². The van der Waals surface area contributed by atoms with Crippen LogP contribution >= 0.6 is 11.8 Å². The van der Waals surface area contributed by atoms with Crippen molar-refractivity contribution in [1.29, 1.82) is 0 Å². The third kappa shape index (κ3) is 4.85. The Morgan fingerprint density at radius 1 is 1.12 bits per heavy atom. The van der Waals surface area contributed by atoms with Crippen molar-refractivity contribution in [2.75, 3.05) is 24.6 Å². The summed E-state index contributed by atoms with van der Waals surface area (Å²) in [5.41, 5.74) is 5.05. The van der Waals surface area contributed by atoms with Gasteiger partial charge in [0.25, 0.3) is 11.1 Å². The molecule has 0 aliphatic carbocycles. The van der Waals surface area contributed by atoms with E-state index in [0.717, 1.165) is 52.4 Å². The second-order valence-electron chi connectivity index (χ2n) is 7.83. The minimum Gasteiger partial charge on any atom is -0.464 e. The average molecular weight is 470 g/mol. The fourth-order valence-electron chi connectivity index (χ4n) is 4.06. The standard InChI is InChI=1S/C25H31N3O4S/c1-7-26(8-2)20-10-12-21(13-11-20)27-16(4)14-19(17(27)5)15-22-23(29)28(25(31)33-22)18(6)24(30)32-9-3/h10-15,18H,7-9H2,1-6H3/b22-15+/t18-/m0/s1. The van der Waals surface area contributed by atoms with Crippen LogP contribution in [-0.4, -0.2) is 52.3 Å². The van der Waals surface area contributed by atoms with Crippen molar-refractivity contribution in [3.05, 3.63) is 52.2 Å². The highest BCUT2D eigenvalue weighted by Crippen LogP contribution is 2.35. The molecule has 0 saturated carbocycles. The highest BCUT2D eigenvalue weighted by Gasteiger charge is 2.41. The fraction of sp³-hybridized carbons (Fsp3) is 0.400. The highest BCUT2D eigenvalue weighted by molar-refractivity contribution is 8.18. The molecule has 3 rings (SSSR count). The lowest BCUT2D eigenvalue weighted by Crippen LogP contribution is -2.42. The van der Waals surface area contributed by atoms with Crippen LogP contribution in [0.2, 0.25) is 0 Å². The van der Waals surface area contributed by atoms with Gasteiger partial charge in [-0.1, -0.05) is 0 Å². The lowest BCUT2D eigenvalue weighted by atomic mass is 10.2. The van der Waals surface area contributed by atoms with E-state index >= 15 is 0 Å². The monoisotopic (exact) mass is 469 g/mol. The Morgan fingerprint density at radius 2 is 1.76 bits per heavy atom. The molecule has 0 bridgehead atoms. The van der Waals surface area contributed by atoms with Gasteiger partial charge in [-0.2, -0.15) is 0 Å². The Labute approximate surface area is 199 Å². The number of amides is 2. The summed E-state index contributed by atoms with van der Waals surface area (Å²) < 4.78 is 7.10. The summed E-state index contributed by atoms with van der Waals surface area (Å²) in [5.74, 6) is -1.06. The minimum absolute atomic E-state index is 0.192. The Balaban J connectivity index is 1.89. The number of benzene rings is 1. The Kier molecular flexibility index (Phi) is 7.68. The molecule has 0 N–H and O–H groups in total. The Bertz CT molecular complexity index is 1080. The van der Waals surface area contributed by atoms with Gasteiger partial charge in [0.2, 0.25) is 0 Å². The summed E-state index contributed by atoms with van der Waals surface area (Å²) in [6, 6.07) is 9.45. The third-order valence-electron chi connectivity index (χ3n) is 5.83. The maximum absolute atomic E-state index is 12.9. The van der Waals surface area contributed by atoms with E-state index in [4.69, 9.17) is 4.74 Å². The van der Waals surface area contributed by atoms with Crippen LogP contribution in [0.5, 0.6) is 0 Å². The second-order valence-corrected chi connectivity index (χ2v) is 8.82. The van der Waals surface area contributed by atoms with Crippen LogP contribution in [0.15, 0.2) is 35.2 Å². The van der Waals surface area contributed by atoms with Gasteiger partial charge < -0.3 is 14.2 Å². The predicted molar refractivity (Wildman–Crippen MR) is 133 cm³/mol. The van der Waals surface area contributed by atoms with Crippen LogP contribution in [0, 0.1) is 13.8 Å². The van der Waals surface area contributed by atoms with Crippen molar-refractivity contribution in [3.8, 4) is 5.69 Å². The molecule has 33 heavy (non-hydrogen) atoms. The predicted octanol–water partition coefficient (Wildman–Crippen LogP) is 4.93. The normalized spacial score (nSPS) is 15.9. The van der Waals surface area contributed by atoms with E-state index in [0.29, 0.717) is 4.91 Å². The zero-order valence-corrected chi connectivity index (χ0v) is 20.9. The molecule has 2 heterocycles. The molecular weight excluding hydrogens is 438 g/mol. The van der Waals surface area contributed by atoms with E-state index in [1.165, 1.54) is 12.6 Å². The van der Waals surface area contributed by atoms with E-state index in [9.17, 15) is 14.4 Å². The topological polar surface area (TPSA) is 71.8 Å². The molecule has 2 amide bonds. The minimum atomic E-state index is -0.958. The number of aromatic nitrogens is 1. The van der Waals surface area contributed by atoms with Crippen LogP contribution < -0.4 is 4.90 Å². The van der Waals surface area contributed by atoms with Crippen molar-refractivity contribution < 1.29 is 19.1 Å². The van der Waals surface area contributed by atoms with Crippen LogP contribution in [0.4, 0.5) is 10.5 Å². The van der Waals surface area contributed by atoms with Crippen molar-refractivity contribution in [2.24, 2.45) is 0 Å². The van der Waals surface area contributed by atoms with Gasteiger partial charge in [0.15, 0.2) is 0 Å². The van der Waals surface area contributed by atoms with E-state index in [1.807, 2.05) is 19.9 Å². The molecule has 0 radical (unpaired) electrons. The SMILES string of the molecule is CCOC(=O)[C@H](C)N1C(=O)S/C(=C/c2cc(C)n(-c3ccc(N(CC)CC)cc3)c2C)C1=O. The Morgan fingerprint density at radius 3 is 2.33 bits per heavy atom. The maximum atomic E-state index is 12.9. The number of hydrogen-bond donors (Lipinski definition) is 0. The summed E-state index contributed by atoms with van der Waals surface area (Å²) >= 11 is 0.846. The first-order valence-electron chi connectivity index (χ1n) is 11.2. The average Bonchev–Trinajstić information content (AvgIpc) is 3.23. The molecule has 176 valence electrons. The molecular formula is C25H31N3O4S. The lowest BCUT2D eigenvalue weighted by Gasteiger charge is -2.21. The maximum Gasteiger partial charge on any atom is 0.329 e. The van der Waals surface area contributed by atoms with Gasteiger partial charge in [0.05, 0.1) is 11.5 Å². The Hall–Kier alpha value is -3.00. The van der Waals surface area contributed by atoms with Gasteiger partial charge in [0, 0.05) is 35.9 Å². The summed E-state index contributed by atoms with van der Waals surface area (Å²) in [7, 11) is 0. The van der Waals surface area contributed by atoms with Gasteiger partial charge in [0.1, 0.15) is 6.04 Å². The van der Waals surface area contributed by atoms with E-state index in [1.54, 1.807) is 13.0 Å². The zero-order chi connectivity index (χ0) is 24.3. The van der Waals surface area contributed by atoms with Gasteiger partial charge >= 0.3 is 5.97 Å². The number of aryl methyl sites for hydroxylation is 1. The van der Waals surface area contributed by atoms with E-state index in [2.05, 4.69) is 47.6 Å². The van der Waals surface area contributed by atoms with Crippen molar-refractivity contribution in [3.63, 3.8) is 0 Å². The number of carbonyl (C=O) groups excluding carboxylic acids is 3. The first-order valence-corrected chi connectivity index (χ1v) is 12.0. The number of ether oxygens (including phenoxy) is 1. The second kappa shape index (κ2) is 10.3.